The van der Waals surface area contributed by atoms with Crippen molar-refractivity contribution in [2.24, 2.45) is 5.92 Å². The van der Waals surface area contributed by atoms with Gasteiger partial charge in [-0.25, -0.2) is 0 Å². The van der Waals surface area contributed by atoms with Crippen LogP contribution in [0.2, 0.25) is 0 Å². The van der Waals surface area contributed by atoms with E-state index >= 15 is 0 Å². The van der Waals surface area contributed by atoms with Crippen LogP contribution in [-0.4, -0.2) is 31.8 Å². The molecule has 8 heteroatoms. The van der Waals surface area contributed by atoms with Gasteiger partial charge in [0.15, 0.2) is 6.61 Å². The summed E-state index contributed by atoms with van der Waals surface area (Å²) >= 11 is 0. The Hall–Kier alpha value is -1.47. The van der Waals surface area contributed by atoms with Crippen molar-refractivity contribution in [3.8, 4) is 5.75 Å². The molecule has 1 aromatic rings. The van der Waals surface area contributed by atoms with Crippen LogP contribution < -0.4 is 15.4 Å². The molecule has 2 N–H and O–H groups in total. The Balaban J connectivity index is 0.00000242. The molecule has 1 fully saturated rings. The standard InChI is InChI=1S/C14H17F3N2O2.ClH/c15-14(16,17)9-21-12-6-2-1-5-11(12)19-13(20)10-4-3-7-18-8-10;/h1-2,5-6,10,18H,3-4,7-9H2,(H,19,20);1H. The van der Waals surface area contributed by atoms with Gasteiger partial charge < -0.3 is 15.4 Å². The lowest BCUT2D eigenvalue weighted by Gasteiger charge is -2.22. The van der Waals surface area contributed by atoms with Gasteiger partial charge in [-0.05, 0) is 31.5 Å². The number of para-hydroxylation sites is 2. The molecule has 1 heterocycles. The molecule has 0 radical (unpaired) electrons. The number of hydrogen-bond acceptors (Lipinski definition) is 3. The van der Waals surface area contributed by atoms with Gasteiger partial charge in [-0.2, -0.15) is 13.2 Å². The van der Waals surface area contributed by atoms with Crippen LogP contribution in [-0.2, 0) is 4.79 Å². The van der Waals surface area contributed by atoms with E-state index in [0.717, 1.165) is 19.4 Å². The van der Waals surface area contributed by atoms with Gasteiger partial charge in [0.2, 0.25) is 5.91 Å². The van der Waals surface area contributed by atoms with Crippen LogP contribution in [0.5, 0.6) is 5.75 Å². The molecule has 4 nitrogen and oxygen atoms in total. The summed E-state index contributed by atoms with van der Waals surface area (Å²) in [5.41, 5.74) is 0.261. The van der Waals surface area contributed by atoms with Crippen LogP contribution in [0, 0.1) is 5.92 Å². The zero-order valence-electron chi connectivity index (χ0n) is 11.8. The molecule has 1 aliphatic rings. The summed E-state index contributed by atoms with van der Waals surface area (Å²) in [6.07, 6.45) is -2.74. The fourth-order valence-corrected chi connectivity index (χ4v) is 2.17. The van der Waals surface area contributed by atoms with Crippen molar-refractivity contribution in [3.63, 3.8) is 0 Å². The summed E-state index contributed by atoms with van der Waals surface area (Å²) in [6.45, 7) is 0.0807. The topological polar surface area (TPSA) is 50.4 Å². The van der Waals surface area contributed by atoms with Crippen LogP contribution in [0.3, 0.4) is 0 Å². The highest BCUT2D eigenvalue weighted by molar-refractivity contribution is 5.94. The van der Waals surface area contributed by atoms with Crippen molar-refractivity contribution in [2.45, 2.75) is 19.0 Å². The lowest BCUT2D eigenvalue weighted by atomic mass is 9.99. The maximum atomic E-state index is 12.2. The lowest BCUT2D eigenvalue weighted by molar-refractivity contribution is -0.153. The summed E-state index contributed by atoms with van der Waals surface area (Å²) in [6, 6.07) is 6.12. The highest BCUT2D eigenvalue weighted by Gasteiger charge is 2.29. The van der Waals surface area contributed by atoms with Crippen LogP contribution in [0.25, 0.3) is 0 Å². The van der Waals surface area contributed by atoms with E-state index in [0.29, 0.717) is 6.54 Å². The molecule has 0 saturated carbocycles. The quantitative estimate of drug-likeness (QED) is 0.887. The monoisotopic (exact) mass is 338 g/mol. The Kier molecular flexibility index (Phi) is 6.96. The number of ether oxygens (including phenoxy) is 1. The average Bonchev–Trinajstić information content (AvgIpc) is 2.46. The third kappa shape index (κ3) is 5.73. The summed E-state index contributed by atoms with van der Waals surface area (Å²) < 4.78 is 41.4. The average molecular weight is 339 g/mol. The highest BCUT2D eigenvalue weighted by Crippen LogP contribution is 2.27. The number of rotatable bonds is 4. The Morgan fingerprint density at radius 2 is 2.09 bits per heavy atom. The van der Waals surface area contributed by atoms with E-state index < -0.39 is 12.8 Å². The fourth-order valence-electron chi connectivity index (χ4n) is 2.17. The smallest absolute Gasteiger partial charge is 0.422 e. The normalized spacial score (nSPS) is 18.2. The molecular weight excluding hydrogens is 321 g/mol. The van der Waals surface area contributed by atoms with Crippen molar-refractivity contribution < 1.29 is 22.7 Å². The number of carbonyl (C=O) groups excluding carboxylic acids is 1. The van der Waals surface area contributed by atoms with E-state index in [1.165, 1.54) is 12.1 Å². The molecular formula is C14H18ClF3N2O2. The van der Waals surface area contributed by atoms with Crippen molar-refractivity contribution in [1.29, 1.82) is 0 Å². The molecule has 1 aromatic carbocycles. The summed E-state index contributed by atoms with van der Waals surface area (Å²) in [7, 11) is 0. The minimum Gasteiger partial charge on any atom is -0.482 e. The fraction of sp³-hybridized carbons (Fsp3) is 0.500. The Labute approximate surface area is 132 Å². The molecule has 1 atom stereocenters. The predicted molar refractivity (Wildman–Crippen MR) is 79.5 cm³/mol. The van der Waals surface area contributed by atoms with Crippen molar-refractivity contribution in [3.05, 3.63) is 24.3 Å². The van der Waals surface area contributed by atoms with Crippen molar-refractivity contribution in [2.75, 3.05) is 25.0 Å². The number of alkyl halides is 3. The molecule has 1 unspecified atom stereocenters. The number of piperidine rings is 1. The molecule has 124 valence electrons. The molecule has 0 spiro atoms. The van der Waals surface area contributed by atoms with E-state index in [4.69, 9.17) is 4.74 Å². The van der Waals surface area contributed by atoms with Gasteiger partial charge in [0, 0.05) is 6.54 Å². The Morgan fingerprint density at radius 3 is 2.73 bits per heavy atom. The van der Waals surface area contributed by atoms with Gasteiger partial charge in [-0.15, -0.1) is 12.4 Å². The van der Waals surface area contributed by atoms with Gasteiger partial charge >= 0.3 is 6.18 Å². The first-order valence-electron chi connectivity index (χ1n) is 6.76. The van der Waals surface area contributed by atoms with E-state index in [2.05, 4.69) is 10.6 Å². The Morgan fingerprint density at radius 1 is 1.36 bits per heavy atom. The van der Waals surface area contributed by atoms with Crippen molar-refractivity contribution >= 4 is 24.0 Å². The minimum absolute atomic E-state index is 0. The number of halogens is 4. The van der Waals surface area contributed by atoms with Crippen LogP contribution in [0.4, 0.5) is 18.9 Å². The molecule has 1 amide bonds. The van der Waals surface area contributed by atoms with E-state index in [1.54, 1.807) is 12.1 Å². The number of benzene rings is 1. The zero-order chi connectivity index (χ0) is 15.3. The summed E-state index contributed by atoms with van der Waals surface area (Å²) in [5, 5.41) is 5.77. The second-order valence-electron chi connectivity index (χ2n) is 4.93. The second kappa shape index (κ2) is 8.24. The van der Waals surface area contributed by atoms with Gasteiger partial charge in [0.1, 0.15) is 5.75 Å². The summed E-state index contributed by atoms with van der Waals surface area (Å²) in [4.78, 5) is 12.1. The van der Waals surface area contributed by atoms with Crippen LogP contribution in [0.1, 0.15) is 12.8 Å². The van der Waals surface area contributed by atoms with Gasteiger partial charge in [0.25, 0.3) is 0 Å². The number of carbonyl (C=O) groups is 1. The molecule has 1 saturated heterocycles. The highest BCUT2D eigenvalue weighted by atomic mass is 35.5. The molecule has 0 aromatic heterocycles. The second-order valence-corrected chi connectivity index (χ2v) is 4.93. The zero-order valence-corrected chi connectivity index (χ0v) is 12.6. The molecule has 2 rings (SSSR count). The molecule has 22 heavy (non-hydrogen) atoms. The van der Waals surface area contributed by atoms with Gasteiger partial charge in [-0.3, -0.25) is 4.79 Å². The first-order valence-corrected chi connectivity index (χ1v) is 6.76. The molecule has 0 aliphatic carbocycles. The lowest BCUT2D eigenvalue weighted by Crippen LogP contribution is -2.37. The largest absolute Gasteiger partial charge is 0.482 e. The number of amides is 1. The van der Waals surface area contributed by atoms with Gasteiger partial charge in [-0.1, -0.05) is 12.1 Å². The molecule has 0 bridgehead atoms. The first-order chi connectivity index (χ1) is 9.96. The number of anilines is 1. The van der Waals surface area contributed by atoms with Crippen LogP contribution in [0.15, 0.2) is 24.3 Å². The third-order valence-electron chi connectivity index (χ3n) is 3.20. The maximum absolute atomic E-state index is 12.2. The van der Waals surface area contributed by atoms with Crippen molar-refractivity contribution in [1.82, 2.24) is 5.32 Å². The predicted octanol–water partition coefficient (Wildman–Crippen LogP) is 2.99. The maximum Gasteiger partial charge on any atom is 0.422 e. The van der Waals surface area contributed by atoms with E-state index in [1.807, 2.05) is 0 Å². The van der Waals surface area contributed by atoms with E-state index in [-0.39, 0.29) is 35.7 Å². The first kappa shape index (κ1) is 18.6. The number of nitrogens with one attached hydrogen (secondary N) is 2. The molecule has 1 aliphatic heterocycles. The van der Waals surface area contributed by atoms with E-state index in [9.17, 15) is 18.0 Å². The Bertz CT molecular complexity index is 491. The van der Waals surface area contributed by atoms with Gasteiger partial charge in [0.05, 0.1) is 11.6 Å². The SMILES string of the molecule is Cl.O=C(Nc1ccccc1OCC(F)(F)F)C1CCCNC1. The summed E-state index contributed by atoms with van der Waals surface area (Å²) in [5.74, 6) is -0.355. The van der Waals surface area contributed by atoms with Crippen LogP contribution >= 0.6 is 12.4 Å². The minimum atomic E-state index is -4.41. The third-order valence-corrected chi connectivity index (χ3v) is 3.20. The number of hydrogen-bond donors (Lipinski definition) is 2.